The Hall–Kier alpha value is -0.185. The molecule has 0 radical (unpaired) electrons. The van der Waals surface area contributed by atoms with Crippen molar-refractivity contribution in [3.05, 3.63) is 0 Å². The van der Waals surface area contributed by atoms with Crippen LogP contribution < -0.4 is 0 Å². The lowest BCUT2D eigenvalue weighted by Crippen LogP contribution is -2.36. The zero-order valence-corrected chi connectivity index (χ0v) is 6.90. The molecule has 0 N–H and O–H groups in total. The molecule has 0 aromatic carbocycles. The second-order valence-corrected chi connectivity index (χ2v) is 4.20. The van der Waals surface area contributed by atoms with E-state index in [9.17, 15) is 12.9 Å². The maximum atomic E-state index is 12.0. The molecule has 0 bridgehead atoms. The fourth-order valence-electron chi connectivity index (χ4n) is 2.06. The highest BCUT2D eigenvalue weighted by Gasteiger charge is 2.48. The van der Waals surface area contributed by atoms with Crippen LogP contribution in [0, 0.1) is 5.41 Å². The van der Waals surface area contributed by atoms with Crippen LogP contribution in [0.25, 0.3) is 0 Å². The van der Waals surface area contributed by atoms with Gasteiger partial charge in [-0.1, -0.05) is 0 Å². The molecule has 0 atom stereocenters. The topological polar surface area (TPSA) is 3.24 Å². The second kappa shape index (κ2) is 2.40. The van der Waals surface area contributed by atoms with E-state index in [-0.39, 0.29) is 0 Å². The van der Waals surface area contributed by atoms with E-state index in [0.717, 1.165) is 19.3 Å². The summed E-state index contributed by atoms with van der Waals surface area (Å²) in [5.41, 5.74) is 0.321. The standard InChI is InChI=1S/C7H12BF3N/c9-8(10,11)6-12-4-3-7(5-12)1-2-7/h1-6H2/q-1. The van der Waals surface area contributed by atoms with Crippen LogP contribution in [0.3, 0.4) is 0 Å². The van der Waals surface area contributed by atoms with Gasteiger partial charge in [-0.2, -0.15) is 0 Å². The number of hydrogen-bond donors (Lipinski definition) is 0. The monoisotopic (exact) mass is 178 g/mol. The lowest BCUT2D eigenvalue weighted by molar-refractivity contribution is 0.317. The fourth-order valence-corrected chi connectivity index (χ4v) is 2.06. The Labute approximate surface area is 70.0 Å². The first-order valence-electron chi connectivity index (χ1n) is 4.43. The molecule has 12 heavy (non-hydrogen) atoms. The van der Waals surface area contributed by atoms with Gasteiger partial charge in [-0.3, -0.25) is 0 Å². The van der Waals surface area contributed by atoms with Gasteiger partial charge in [0.25, 0.3) is 0 Å². The van der Waals surface area contributed by atoms with Gasteiger partial charge < -0.3 is 17.8 Å². The first-order valence-corrected chi connectivity index (χ1v) is 4.43. The van der Waals surface area contributed by atoms with E-state index in [1.807, 2.05) is 0 Å². The average molecular weight is 178 g/mol. The summed E-state index contributed by atoms with van der Waals surface area (Å²) in [6.07, 6.45) is 2.63. The molecule has 1 nitrogen and oxygen atoms in total. The third-order valence-electron chi connectivity index (χ3n) is 2.94. The van der Waals surface area contributed by atoms with Gasteiger partial charge >= 0.3 is 6.98 Å². The van der Waals surface area contributed by atoms with Gasteiger partial charge in [0.2, 0.25) is 0 Å². The molecule has 5 heteroatoms. The molecule has 2 aliphatic rings. The van der Waals surface area contributed by atoms with E-state index in [1.165, 1.54) is 0 Å². The van der Waals surface area contributed by atoms with Gasteiger partial charge in [-0.05, 0) is 37.7 Å². The summed E-state index contributed by atoms with van der Waals surface area (Å²) >= 11 is 0. The molecule has 2 rings (SSSR count). The van der Waals surface area contributed by atoms with Gasteiger partial charge in [-0.15, -0.1) is 0 Å². The lowest BCUT2D eigenvalue weighted by Gasteiger charge is -2.22. The van der Waals surface area contributed by atoms with Crippen molar-refractivity contribution in [2.24, 2.45) is 5.41 Å². The van der Waals surface area contributed by atoms with Crippen LogP contribution in [-0.2, 0) is 0 Å². The first-order chi connectivity index (χ1) is 5.49. The highest BCUT2D eigenvalue weighted by Crippen LogP contribution is 2.52. The summed E-state index contributed by atoms with van der Waals surface area (Å²) in [4.78, 5) is 1.56. The average Bonchev–Trinajstić information content (AvgIpc) is 2.49. The normalized spacial score (nSPS) is 28.2. The van der Waals surface area contributed by atoms with Crippen LogP contribution in [0.1, 0.15) is 19.3 Å². The summed E-state index contributed by atoms with van der Waals surface area (Å²) in [6.45, 7) is -3.26. The second-order valence-electron chi connectivity index (χ2n) is 4.20. The van der Waals surface area contributed by atoms with Crippen molar-refractivity contribution in [3.8, 4) is 0 Å². The van der Waals surface area contributed by atoms with Crippen LogP contribution in [0.5, 0.6) is 0 Å². The van der Waals surface area contributed by atoms with E-state index in [2.05, 4.69) is 0 Å². The molecule has 1 spiro atoms. The maximum Gasteiger partial charge on any atom is 0.492 e. The number of halogens is 3. The zero-order chi connectivity index (χ0) is 8.82. The smallest absolute Gasteiger partial charge is 0.448 e. The predicted octanol–water partition coefficient (Wildman–Crippen LogP) is 1.86. The SMILES string of the molecule is F[B-](F)(F)CN1CCC2(CC2)C1. The molecular formula is C7H12BF3N-. The molecule has 0 aromatic rings. The van der Waals surface area contributed by atoms with Crippen LogP contribution >= 0.6 is 0 Å². The highest BCUT2D eigenvalue weighted by atomic mass is 19.4. The molecule has 70 valence electrons. The highest BCUT2D eigenvalue weighted by molar-refractivity contribution is 6.58. The Bertz CT molecular complexity index is 188. The Balaban J connectivity index is 1.84. The van der Waals surface area contributed by atoms with Crippen LogP contribution in [0.15, 0.2) is 0 Å². The summed E-state index contributed by atoms with van der Waals surface area (Å²) in [7, 11) is 0. The maximum absolute atomic E-state index is 12.0. The minimum atomic E-state index is -4.61. The number of likely N-dealkylation sites (tertiary alicyclic amines) is 1. The van der Waals surface area contributed by atoms with Gasteiger partial charge in [0.05, 0.1) is 0 Å². The van der Waals surface area contributed by atoms with Crippen LogP contribution in [-0.4, -0.2) is 31.4 Å². The number of rotatable bonds is 2. The molecule has 2 fully saturated rings. The molecule has 0 amide bonds. The van der Waals surface area contributed by atoms with Crippen molar-refractivity contribution in [1.29, 1.82) is 0 Å². The zero-order valence-electron chi connectivity index (χ0n) is 6.90. The summed E-state index contributed by atoms with van der Waals surface area (Å²) in [5.74, 6) is 0. The van der Waals surface area contributed by atoms with Crippen LogP contribution in [0.4, 0.5) is 12.9 Å². The van der Waals surface area contributed by atoms with Crippen molar-refractivity contribution in [3.63, 3.8) is 0 Å². The van der Waals surface area contributed by atoms with E-state index >= 15 is 0 Å². The summed E-state index contributed by atoms with van der Waals surface area (Å²) in [5, 5.41) is 0. The largest absolute Gasteiger partial charge is 0.492 e. The van der Waals surface area contributed by atoms with Gasteiger partial charge in [0, 0.05) is 6.54 Å². The molecule has 1 aliphatic carbocycles. The Kier molecular flexibility index (Phi) is 1.69. The van der Waals surface area contributed by atoms with Gasteiger partial charge in [0.15, 0.2) is 0 Å². The van der Waals surface area contributed by atoms with E-state index in [4.69, 9.17) is 0 Å². The predicted molar refractivity (Wildman–Crippen MR) is 41.8 cm³/mol. The van der Waals surface area contributed by atoms with Crippen molar-refractivity contribution >= 4 is 6.98 Å². The van der Waals surface area contributed by atoms with E-state index < -0.39 is 13.4 Å². The molecule has 0 aromatic heterocycles. The number of hydrogen-bond acceptors (Lipinski definition) is 1. The molecular weight excluding hydrogens is 166 g/mol. The van der Waals surface area contributed by atoms with E-state index in [0.29, 0.717) is 18.5 Å². The van der Waals surface area contributed by atoms with E-state index in [1.54, 1.807) is 4.90 Å². The number of nitrogens with zero attached hydrogens (tertiary/aromatic N) is 1. The third-order valence-corrected chi connectivity index (χ3v) is 2.94. The van der Waals surface area contributed by atoms with Gasteiger partial charge in [0.1, 0.15) is 0 Å². The minimum absolute atomic E-state index is 0.321. The Morgan fingerprint density at radius 1 is 1.17 bits per heavy atom. The quantitative estimate of drug-likeness (QED) is 0.583. The summed E-state index contributed by atoms with van der Waals surface area (Å²) in [6, 6.07) is 0. The molecule has 1 aliphatic heterocycles. The van der Waals surface area contributed by atoms with Crippen molar-refractivity contribution in [2.75, 3.05) is 19.5 Å². The molecule has 1 saturated heterocycles. The summed E-state index contributed by atoms with van der Waals surface area (Å²) < 4.78 is 36.0. The lowest BCUT2D eigenvalue weighted by atomic mass is 9.91. The third kappa shape index (κ3) is 1.76. The van der Waals surface area contributed by atoms with Crippen LogP contribution in [0.2, 0.25) is 0 Å². The van der Waals surface area contributed by atoms with Crippen molar-refractivity contribution in [1.82, 2.24) is 4.90 Å². The molecule has 0 unspecified atom stereocenters. The fraction of sp³-hybridized carbons (Fsp3) is 1.00. The molecule has 1 heterocycles. The Morgan fingerprint density at radius 3 is 2.25 bits per heavy atom. The van der Waals surface area contributed by atoms with Gasteiger partial charge in [-0.25, -0.2) is 0 Å². The molecule has 1 saturated carbocycles. The van der Waals surface area contributed by atoms with Crippen molar-refractivity contribution < 1.29 is 12.9 Å². The first kappa shape index (κ1) is 8.41. The minimum Gasteiger partial charge on any atom is -0.448 e. The Morgan fingerprint density at radius 2 is 1.83 bits per heavy atom. The van der Waals surface area contributed by atoms with Crippen molar-refractivity contribution in [2.45, 2.75) is 19.3 Å².